The van der Waals surface area contributed by atoms with Gasteiger partial charge in [-0.05, 0) is 61.9 Å². The summed E-state index contributed by atoms with van der Waals surface area (Å²) >= 11 is 5.36. The van der Waals surface area contributed by atoms with E-state index in [1.807, 2.05) is 12.1 Å². The van der Waals surface area contributed by atoms with Gasteiger partial charge in [-0.1, -0.05) is 12.1 Å². The van der Waals surface area contributed by atoms with Gasteiger partial charge in [-0.2, -0.15) is 0 Å². The van der Waals surface area contributed by atoms with Crippen molar-refractivity contribution in [2.75, 3.05) is 32.5 Å². The van der Waals surface area contributed by atoms with Crippen LogP contribution in [0.25, 0.3) is 0 Å². The highest BCUT2D eigenvalue weighted by atomic mass is 32.2. The van der Waals surface area contributed by atoms with Crippen LogP contribution in [0.15, 0.2) is 35.7 Å². The van der Waals surface area contributed by atoms with Gasteiger partial charge in [0.15, 0.2) is 14.9 Å². The molecule has 26 heavy (non-hydrogen) atoms. The van der Waals surface area contributed by atoms with Crippen molar-refractivity contribution < 1.29 is 13.2 Å². The number of nitrogens with one attached hydrogen (secondary N) is 2. The maximum atomic E-state index is 11.5. The van der Waals surface area contributed by atoms with Gasteiger partial charge in [0.05, 0.1) is 24.9 Å². The number of hydrogen-bond acceptors (Lipinski definition) is 5. The Morgan fingerprint density at radius 2 is 2.00 bits per heavy atom. The van der Waals surface area contributed by atoms with Gasteiger partial charge in [0, 0.05) is 12.0 Å². The Bertz CT molecular complexity index is 756. The number of thiocarbonyl (C=S) groups is 1. The van der Waals surface area contributed by atoms with Crippen LogP contribution in [-0.4, -0.2) is 57.0 Å². The predicted octanol–water partition coefficient (Wildman–Crippen LogP) is 1.61. The van der Waals surface area contributed by atoms with Gasteiger partial charge >= 0.3 is 0 Å². The highest BCUT2D eigenvalue weighted by Gasteiger charge is 2.25. The number of hydrogen-bond donors (Lipinski definition) is 2. The second-order valence-electron chi connectivity index (χ2n) is 6.65. The fraction of sp³-hybridized carbons (Fsp3) is 0.500. The van der Waals surface area contributed by atoms with Crippen LogP contribution < -0.4 is 15.4 Å². The molecule has 8 heteroatoms. The van der Waals surface area contributed by atoms with E-state index in [0.717, 1.165) is 18.8 Å². The summed E-state index contributed by atoms with van der Waals surface area (Å²) in [6.45, 7) is 2.81. The number of ether oxygens (including phenoxy) is 1. The number of likely N-dealkylation sites (tertiary alicyclic amines) is 1. The molecule has 2 aliphatic heterocycles. The summed E-state index contributed by atoms with van der Waals surface area (Å²) in [4.78, 5) is 2.46. The summed E-state index contributed by atoms with van der Waals surface area (Å²) in [6, 6.07) is 8.09. The molecule has 0 amide bonds. The largest absolute Gasteiger partial charge is 0.497 e. The molecule has 0 aromatic heterocycles. The second kappa shape index (κ2) is 8.37. The average Bonchev–Trinajstić information content (AvgIpc) is 3.25. The first-order valence-electron chi connectivity index (χ1n) is 8.80. The van der Waals surface area contributed by atoms with Crippen molar-refractivity contribution in [2.45, 2.75) is 24.9 Å². The molecule has 0 unspecified atom stereocenters. The fourth-order valence-corrected chi connectivity index (χ4v) is 4.88. The lowest BCUT2D eigenvalue weighted by atomic mass is 10.1. The minimum Gasteiger partial charge on any atom is -0.497 e. The van der Waals surface area contributed by atoms with Crippen molar-refractivity contribution in [3.63, 3.8) is 0 Å². The van der Waals surface area contributed by atoms with Crippen molar-refractivity contribution in [3.8, 4) is 5.75 Å². The molecule has 1 fully saturated rings. The van der Waals surface area contributed by atoms with Gasteiger partial charge in [-0.15, -0.1) is 0 Å². The lowest BCUT2D eigenvalue weighted by molar-refractivity contribution is 0.245. The molecule has 0 saturated carbocycles. The van der Waals surface area contributed by atoms with Crippen LogP contribution in [0.1, 0.15) is 24.4 Å². The van der Waals surface area contributed by atoms with E-state index in [2.05, 4.69) is 27.7 Å². The van der Waals surface area contributed by atoms with Crippen molar-refractivity contribution >= 4 is 27.2 Å². The topological polar surface area (TPSA) is 70.7 Å². The molecular weight excluding hydrogens is 370 g/mol. The van der Waals surface area contributed by atoms with Gasteiger partial charge in [0.1, 0.15) is 5.75 Å². The van der Waals surface area contributed by atoms with Crippen LogP contribution in [0.3, 0.4) is 0 Å². The summed E-state index contributed by atoms with van der Waals surface area (Å²) in [5.74, 6) is 0.899. The zero-order chi connectivity index (χ0) is 18.6. The smallest absolute Gasteiger partial charge is 0.173 e. The Kier molecular flexibility index (Phi) is 6.16. The molecule has 1 aromatic carbocycles. The zero-order valence-corrected chi connectivity index (χ0v) is 16.5. The second-order valence-corrected chi connectivity index (χ2v) is 8.99. The van der Waals surface area contributed by atoms with E-state index in [-0.39, 0.29) is 17.8 Å². The molecule has 0 radical (unpaired) electrons. The number of benzene rings is 1. The number of sulfone groups is 1. The summed E-state index contributed by atoms with van der Waals surface area (Å²) < 4.78 is 28.2. The lowest BCUT2D eigenvalue weighted by Gasteiger charge is -2.29. The Hall–Kier alpha value is -1.64. The standard InChI is InChI=1S/C18H25N3O3S2/c1-24-16-6-4-14(5-7-16)17(21-9-2-3-10-21)12-19-18(25)20-15-8-11-26(22,23)13-15/h4-8,11,15,17H,2-3,9-10,12-13H2,1H3,(H2,19,20,25)/t15-,17+/m0/s1. The van der Waals surface area contributed by atoms with Crippen molar-refractivity contribution in [3.05, 3.63) is 41.3 Å². The van der Waals surface area contributed by atoms with Gasteiger partial charge < -0.3 is 15.4 Å². The SMILES string of the molecule is COc1ccc([C@@H](CNC(=S)N[C@H]2C=CS(=O)(=O)C2)N2CCCC2)cc1. The quantitative estimate of drug-likeness (QED) is 0.709. The summed E-state index contributed by atoms with van der Waals surface area (Å²) in [6.07, 6.45) is 4.06. The average molecular weight is 396 g/mol. The van der Waals surface area contributed by atoms with Crippen LogP contribution in [0.2, 0.25) is 0 Å². The van der Waals surface area contributed by atoms with Gasteiger partial charge in [0.25, 0.3) is 0 Å². The highest BCUT2D eigenvalue weighted by Crippen LogP contribution is 2.26. The fourth-order valence-electron chi connectivity index (χ4n) is 3.41. The zero-order valence-electron chi connectivity index (χ0n) is 14.8. The molecule has 6 nitrogen and oxygen atoms in total. The predicted molar refractivity (Wildman–Crippen MR) is 107 cm³/mol. The minimum atomic E-state index is -3.09. The molecule has 1 saturated heterocycles. The van der Waals surface area contributed by atoms with Crippen molar-refractivity contribution in [1.82, 2.24) is 15.5 Å². The first kappa shape index (κ1) is 19.1. The minimum absolute atomic E-state index is 0.0584. The van der Waals surface area contributed by atoms with Crippen LogP contribution in [0.5, 0.6) is 5.75 Å². The molecule has 0 spiro atoms. The monoisotopic (exact) mass is 395 g/mol. The summed E-state index contributed by atoms with van der Waals surface area (Å²) in [5, 5.41) is 8.05. The molecule has 0 aliphatic carbocycles. The normalized spacial score (nSPS) is 22.9. The van der Waals surface area contributed by atoms with E-state index in [9.17, 15) is 8.42 Å². The Morgan fingerprint density at radius 3 is 2.58 bits per heavy atom. The maximum Gasteiger partial charge on any atom is 0.173 e. The Balaban J connectivity index is 1.60. The number of methoxy groups -OCH3 is 1. The Morgan fingerprint density at radius 1 is 1.31 bits per heavy atom. The van der Waals surface area contributed by atoms with Gasteiger partial charge in [-0.25, -0.2) is 8.42 Å². The molecule has 2 N–H and O–H groups in total. The molecular formula is C18H25N3O3S2. The maximum absolute atomic E-state index is 11.5. The van der Waals surface area contributed by atoms with Gasteiger partial charge in [0.2, 0.25) is 0 Å². The van der Waals surface area contributed by atoms with Crippen LogP contribution >= 0.6 is 12.2 Å². The molecule has 3 rings (SSSR count). The Labute approximate surface area is 160 Å². The molecule has 2 atom stereocenters. The first-order chi connectivity index (χ1) is 12.5. The molecule has 142 valence electrons. The van der Waals surface area contributed by atoms with E-state index in [0.29, 0.717) is 11.7 Å². The van der Waals surface area contributed by atoms with E-state index in [4.69, 9.17) is 17.0 Å². The highest BCUT2D eigenvalue weighted by molar-refractivity contribution is 7.94. The third-order valence-electron chi connectivity index (χ3n) is 4.78. The number of rotatable bonds is 6. The van der Waals surface area contributed by atoms with Crippen LogP contribution in [0.4, 0.5) is 0 Å². The molecule has 2 aliphatic rings. The van der Waals surface area contributed by atoms with Crippen molar-refractivity contribution in [1.29, 1.82) is 0 Å². The van der Waals surface area contributed by atoms with Gasteiger partial charge in [-0.3, -0.25) is 4.90 Å². The summed E-state index contributed by atoms with van der Waals surface area (Å²) in [7, 11) is -1.42. The van der Waals surface area contributed by atoms with E-state index in [1.165, 1.54) is 23.8 Å². The third-order valence-corrected chi connectivity index (χ3v) is 6.44. The number of nitrogens with zero attached hydrogens (tertiary/aromatic N) is 1. The molecule has 2 heterocycles. The third kappa shape index (κ3) is 4.96. The molecule has 1 aromatic rings. The lowest BCUT2D eigenvalue weighted by Crippen LogP contribution is -2.45. The van der Waals surface area contributed by atoms with E-state index < -0.39 is 9.84 Å². The van der Waals surface area contributed by atoms with Crippen molar-refractivity contribution in [2.24, 2.45) is 0 Å². The first-order valence-corrected chi connectivity index (χ1v) is 10.9. The van der Waals surface area contributed by atoms with E-state index in [1.54, 1.807) is 13.2 Å². The van der Waals surface area contributed by atoms with E-state index >= 15 is 0 Å². The van der Waals surface area contributed by atoms with Crippen LogP contribution in [0, 0.1) is 0 Å². The molecule has 0 bridgehead atoms. The van der Waals surface area contributed by atoms with Crippen LogP contribution in [-0.2, 0) is 9.84 Å². The summed E-state index contributed by atoms with van der Waals surface area (Å²) in [5.41, 5.74) is 1.21.